The van der Waals surface area contributed by atoms with Crippen molar-refractivity contribution in [1.82, 2.24) is 0 Å². The van der Waals surface area contributed by atoms with Gasteiger partial charge in [0.25, 0.3) is 5.01 Å². The molecule has 9 rings (SSSR count). The molecule has 364 valence electrons. The van der Waals surface area contributed by atoms with Gasteiger partial charge in [0, 0.05) is 11.6 Å². The van der Waals surface area contributed by atoms with Crippen LogP contribution in [0.4, 0.5) is 87.8 Å². The number of hydrogen-bond donors (Lipinski definition) is 0. The van der Waals surface area contributed by atoms with E-state index in [9.17, 15) is 52.7 Å². The van der Waals surface area contributed by atoms with Gasteiger partial charge in [0.2, 0.25) is 5.52 Å². The van der Waals surface area contributed by atoms with Crippen molar-refractivity contribution in [3.8, 4) is 10.6 Å². The van der Waals surface area contributed by atoms with E-state index in [1.54, 1.807) is 0 Å². The molecule has 0 fully saturated rings. The van der Waals surface area contributed by atoms with E-state index in [1.165, 1.54) is 37.1 Å². The predicted octanol–water partition coefficient (Wildman–Crippen LogP) is 11.9. The fourth-order valence-corrected chi connectivity index (χ4v) is 9.64. The van der Waals surface area contributed by atoms with E-state index in [1.807, 2.05) is 11.3 Å². The van der Waals surface area contributed by atoms with Crippen LogP contribution < -0.4 is 26.4 Å². The molecule has 0 bridgehead atoms. The molecule has 0 amide bonds. The lowest BCUT2D eigenvalue weighted by Crippen LogP contribution is -2.81. The van der Waals surface area contributed by atoms with Gasteiger partial charge >= 0.3 is 0 Å². The zero-order valence-corrected chi connectivity index (χ0v) is 35.3. The van der Waals surface area contributed by atoms with Crippen LogP contribution in [0.25, 0.3) is 31.6 Å². The van der Waals surface area contributed by atoms with Gasteiger partial charge in [-0.1, -0.05) is 90.2 Å². The molecule has 0 spiro atoms. The Morgan fingerprint density at radius 1 is 0.324 bits per heavy atom. The van der Waals surface area contributed by atoms with E-state index in [-0.39, 0.29) is 0 Å². The summed E-state index contributed by atoms with van der Waals surface area (Å²) in [6.07, 6.45) is -7.22. The maximum Gasteiger partial charge on any atom is 0.271 e. The van der Waals surface area contributed by atoms with Gasteiger partial charge in [-0.25, -0.2) is 87.8 Å². The molecular formula is C48H18BF20NS. The third-order valence-corrected chi connectivity index (χ3v) is 12.7. The largest absolute Gasteiger partial charge is 0.271 e. The number of thiazole rings is 1. The lowest BCUT2D eigenvalue weighted by molar-refractivity contribution is -0.647. The predicted molar refractivity (Wildman–Crippen MR) is 220 cm³/mol. The van der Waals surface area contributed by atoms with Crippen molar-refractivity contribution in [2.75, 3.05) is 0 Å². The van der Waals surface area contributed by atoms with Crippen molar-refractivity contribution in [3.63, 3.8) is 0 Å². The summed E-state index contributed by atoms with van der Waals surface area (Å²) in [5.74, 6) is -71.4. The van der Waals surface area contributed by atoms with Gasteiger partial charge in [-0.2, -0.15) is 4.57 Å². The average molecular weight is 1030 g/mol. The van der Waals surface area contributed by atoms with Crippen LogP contribution in [-0.2, 0) is 6.54 Å². The van der Waals surface area contributed by atoms with Gasteiger partial charge in [0.1, 0.15) is 57.4 Å². The van der Waals surface area contributed by atoms with Crippen molar-refractivity contribution >= 4 is 60.3 Å². The molecule has 0 aliphatic heterocycles. The summed E-state index contributed by atoms with van der Waals surface area (Å²) >= 11 is 1.87. The Labute approximate surface area is 388 Å². The molecule has 1 aromatic heterocycles. The average Bonchev–Trinajstić information content (AvgIpc) is 3.74. The van der Waals surface area contributed by atoms with Crippen LogP contribution in [0.3, 0.4) is 0 Å². The number of benzene rings is 8. The van der Waals surface area contributed by atoms with Crippen LogP contribution in [0.2, 0.25) is 0 Å². The molecule has 0 aliphatic rings. The first-order valence-electron chi connectivity index (χ1n) is 19.8. The highest BCUT2D eigenvalue weighted by molar-refractivity contribution is 7.21. The molecule has 0 radical (unpaired) electrons. The number of nitrogens with zero attached hydrogens (tertiary/aromatic N) is 1. The Hall–Kier alpha value is -7.43. The Kier molecular flexibility index (Phi) is 13.2. The zero-order valence-electron chi connectivity index (χ0n) is 34.4. The molecule has 1 nitrogen and oxygen atoms in total. The van der Waals surface area contributed by atoms with Crippen LogP contribution in [-0.4, -0.2) is 6.15 Å². The van der Waals surface area contributed by atoms with Gasteiger partial charge in [-0.3, -0.25) is 0 Å². The molecule has 0 atom stereocenters. The van der Waals surface area contributed by atoms with Gasteiger partial charge in [0.05, 0.1) is 5.56 Å². The number of hydrogen-bond acceptors (Lipinski definition) is 1. The smallest absolute Gasteiger partial charge is 0.207 e. The Balaban J connectivity index is 0.000000218. The monoisotopic (exact) mass is 1030 g/mol. The first-order chi connectivity index (χ1) is 33.6. The van der Waals surface area contributed by atoms with Gasteiger partial charge in [-0.15, -0.1) is 21.9 Å². The van der Waals surface area contributed by atoms with Crippen LogP contribution in [0, 0.1) is 116 Å². The number of halogens is 20. The summed E-state index contributed by atoms with van der Waals surface area (Å²) in [5.41, 5.74) is -10.4. The second-order valence-corrected chi connectivity index (χ2v) is 16.3. The summed E-state index contributed by atoms with van der Waals surface area (Å²) in [6, 6.07) is 34.6. The molecule has 71 heavy (non-hydrogen) atoms. The van der Waals surface area contributed by atoms with E-state index in [2.05, 4.69) is 102 Å². The summed E-state index contributed by atoms with van der Waals surface area (Å²) in [4.78, 5) is 0. The lowest BCUT2D eigenvalue weighted by Gasteiger charge is -2.44. The minimum atomic E-state index is -7.22. The molecule has 0 N–H and O–H groups in total. The van der Waals surface area contributed by atoms with E-state index < -0.39 is 144 Å². The molecule has 0 saturated carbocycles. The summed E-state index contributed by atoms with van der Waals surface area (Å²) in [5, 5.41) is 3.91. The van der Waals surface area contributed by atoms with E-state index >= 15 is 35.1 Å². The maximum absolute atomic E-state index is 15.4. The zero-order chi connectivity index (χ0) is 51.7. The number of para-hydroxylation sites is 1. The van der Waals surface area contributed by atoms with E-state index in [4.69, 9.17) is 0 Å². The summed E-state index contributed by atoms with van der Waals surface area (Å²) < 4.78 is 298. The van der Waals surface area contributed by atoms with Crippen LogP contribution in [0.15, 0.2) is 97.1 Å². The molecule has 23 heteroatoms. The highest BCUT2D eigenvalue weighted by Crippen LogP contribution is 2.35. The number of fused-ring (bicyclic) bond motifs is 2. The van der Waals surface area contributed by atoms with E-state index in [0.29, 0.717) is 0 Å². The molecule has 0 aliphatic carbocycles. The molecular weight excluding hydrogens is 1010 g/mol. The molecule has 8 aromatic carbocycles. The van der Waals surface area contributed by atoms with Crippen molar-refractivity contribution in [2.45, 2.75) is 6.54 Å². The lowest BCUT2D eigenvalue weighted by atomic mass is 9.12. The first-order valence-corrected chi connectivity index (χ1v) is 20.6. The van der Waals surface area contributed by atoms with Gasteiger partial charge in [-0.05, 0) is 22.9 Å². The maximum atomic E-state index is 15.4. The molecule has 0 saturated heterocycles. The van der Waals surface area contributed by atoms with Crippen molar-refractivity contribution < 1.29 is 92.4 Å². The second kappa shape index (κ2) is 18.7. The quantitative estimate of drug-likeness (QED) is 0.0492. The highest BCUT2D eigenvalue weighted by atomic mass is 32.1. The van der Waals surface area contributed by atoms with Crippen molar-refractivity contribution in [3.05, 3.63) is 219 Å². The van der Waals surface area contributed by atoms with Crippen LogP contribution in [0.5, 0.6) is 0 Å². The molecule has 1 heterocycles. The van der Waals surface area contributed by atoms with E-state index in [0.717, 1.165) is 6.54 Å². The number of aromatic nitrogens is 1. The van der Waals surface area contributed by atoms with Crippen LogP contribution in [0.1, 0.15) is 5.56 Å². The van der Waals surface area contributed by atoms with Crippen molar-refractivity contribution in [2.24, 2.45) is 0 Å². The SMILES string of the molecule is Fc1c(F)c(F)c([B-](c2c(F)c(F)c(F)c(F)c2F)(c2c(F)c(F)c(F)c(F)c2F)c2c(F)c(F)c(F)c(F)c2F)c(F)c1F.c1ccc(C[n+]2c(-c3cccc4ccccc34)sc3ccccc32)cc1. The highest BCUT2D eigenvalue weighted by Gasteiger charge is 2.52. The molecule has 0 unspecified atom stereocenters. The fraction of sp³-hybridized carbons (Fsp3) is 0.0208. The number of rotatable bonds is 7. The molecule has 9 aromatic rings. The fourth-order valence-electron chi connectivity index (χ4n) is 8.44. The minimum absolute atomic E-state index is 0.878. The standard InChI is InChI=1S/C24BF20.C24H18NS/c26-5-1(6(27)14(35)21(42)13(5)34)25(2-7(28)15(36)22(43)16(37)8(2)29,3-9(30)17(38)23(44)18(39)10(3)31)4-11(32)19(40)24(45)20(41)12(4)33;1-2-9-18(10-3-1)17-25-22-15-6-7-16-23(22)26-24(25)21-14-8-12-19-11-4-5-13-20(19)21/h;1-16H,17H2/q-1;+1. The first kappa shape index (κ1) is 50.0. The van der Waals surface area contributed by atoms with Gasteiger partial charge < -0.3 is 0 Å². The Morgan fingerprint density at radius 3 is 1.06 bits per heavy atom. The third-order valence-electron chi connectivity index (χ3n) is 11.5. The topological polar surface area (TPSA) is 3.88 Å². The minimum Gasteiger partial charge on any atom is -0.207 e. The van der Waals surface area contributed by atoms with Crippen molar-refractivity contribution in [1.29, 1.82) is 0 Å². The normalized spacial score (nSPS) is 11.7. The third kappa shape index (κ3) is 7.71. The Bertz CT molecular complexity index is 3250. The van der Waals surface area contributed by atoms with Crippen LogP contribution >= 0.6 is 11.3 Å². The summed E-state index contributed by atoms with van der Waals surface area (Å²) in [6.45, 7) is 0.878. The summed E-state index contributed by atoms with van der Waals surface area (Å²) in [7, 11) is 0. The Morgan fingerprint density at radius 2 is 0.648 bits per heavy atom. The van der Waals surface area contributed by atoms with Gasteiger partial charge in [0.15, 0.2) is 76.4 Å². The second-order valence-electron chi connectivity index (χ2n) is 15.3.